The van der Waals surface area contributed by atoms with Crippen molar-refractivity contribution in [2.75, 3.05) is 26.2 Å². The van der Waals surface area contributed by atoms with Gasteiger partial charge in [0.15, 0.2) is 10.8 Å². The molecule has 7 nitrogen and oxygen atoms in total. The lowest BCUT2D eigenvalue weighted by atomic mass is 10.2. The van der Waals surface area contributed by atoms with Gasteiger partial charge in [-0.05, 0) is 11.6 Å². The minimum absolute atomic E-state index is 0.0559. The van der Waals surface area contributed by atoms with E-state index in [1.54, 1.807) is 22.8 Å². The molecule has 1 aliphatic heterocycles. The van der Waals surface area contributed by atoms with E-state index in [1.165, 1.54) is 11.3 Å². The summed E-state index contributed by atoms with van der Waals surface area (Å²) >= 11 is 1.53. The molecule has 4 rings (SSSR count). The lowest BCUT2D eigenvalue weighted by Crippen LogP contribution is -2.48. The van der Waals surface area contributed by atoms with Crippen LogP contribution in [-0.2, 0) is 22.3 Å². The Balaban J connectivity index is 1.33. The predicted octanol–water partition coefficient (Wildman–Crippen LogP) is 2.25. The number of hydrogen-bond donors (Lipinski definition) is 0. The highest BCUT2D eigenvalue weighted by atomic mass is 32.2. The van der Waals surface area contributed by atoms with Gasteiger partial charge in [0.1, 0.15) is 0 Å². The minimum Gasteiger partial charge on any atom is -0.295 e. The van der Waals surface area contributed by atoms with Crippen LogP contribution in [0.15, 0.2) is 54.2 Å². The third-order valence-electron chi connectivity index (χ3n) is 4.61. The third-order valence-corrected chi connectivity index (χ3v) is 7.35. The van der Waals surface area contributed by atoms with Crippen molar-refractivity contribution < 1.29 is 8.42 Å². The van der Waals surface area contributed by atoms with Gasteiger partial charge < -0.3 is 0 Å². The normalized spacial score (nSPS) is 16.3. The zero-order chi connectivity index (χ0) is 19.4. The van der Waals surface area contributed by atoms with Crippen molar-refractivity contribution >= 4 is 21.4 Å². The van der Waals surface area contributed by atoms with Gasteiger partial charge >= 0.3 is 0 Å². The molecule has 0 radical (unpaired) electrons. The summed E-state index contributed by atoms with van der Waals surface area (Å²) in [5.74, 6) is 0.691. The Morgan fingerprint density at radius 3 is 2.39 bits per heavy atom. The molecule has 3 aromatic rings. The highest BCUT2D eigenvalue weighted by molar-refractivity contribution is 7.88. The van der Waals surface area contributed by atoms with Crippen LogP contribution in [0.2, 0.25) is 0 Å². The van der Waals surface area contributed by atoms with Crippen LogP contribution in [0.4, 0.5) is 0 Å². The second-order valence-corrected chi connectivity index (χ2v) is 9.46. The predicted molar refractivity (Wildman–Crippen MR) is 109 cm³/mol. The number of benzene rings is 1. The first-order valence-electron chi connectivity index (χ1n) is 9.06. The minimum atomic E-state index is -3.29. The molecular weight excluding hydrogens is 394 g/mol. The van der Waals surface area contributed by atoms with Gasteiger partial charge in [0, 0.05) is 50.5 Å². The Hall–Kier alpha value is -2.20. The van der Waals surface area contributed by atoms with Gasteiger partial charge in [0.05, 0.1) is 11.4 Å². The topological polar surface area (TPSA) is 79.3 Å². The van der Waals surface area contributed by atoms with Crippen LogP contribution in [0.25, 0.3) is 10.8 Å². The maximum atomic E-state index is 12.7. The smallest absolute Gasteiger partial charge is 0.218 e. The van der Waals surface area contributed by atoms with E-state index < -0.39 is 10.0 Å². The fraction of sp³-hybridized carbons (Fsp3) is 0.316. The van der Waals surface area contributed by atoms with Gasteiger partial charge in [-0.3, -0.25) is 4.90 Å². The summed E-state index contributed by atoms with van der Waals surface area (Å²) in [7, 11) is -3.29. The van der Waals surface area contributed by atoms with Crippen LogP contribution in [0.1, 0.15) is 11.3 Å². The maximum absolute atomic E-state index is 12.7. The standard InChI is InChI=1S/C19H21N5O2S2/c25-28(26,15-16-5-2-1-3-6-16)24-11-9-23(10-12-24)13-17-14-27-19(22-17)18-20-7-4-8-21-18/h1-8,14H,9-13,15H2. The Labute approximate surface area is 168 Å². The molecule has 2 aromatic heterocycles. The molecule has 28 heavy (non-hydrogen) atoms. The molecule has 1 saturated heterocycles. The van der Waals surface area contributed by atoms with Crippen LogP contribution in [0.5, 0.6) is 0 Å². The summed E-state index contributed by atoms with van der Waals surface area (Å²) in [6.45, 7) is 3.11. The largest absolute Gasteiger partial charge is 0.295 e. The van der Waals surface area contributed by atoms with E-state index in [2.05, 4.69) is 19.9 Å². The van der Waals surface area contributed by atoms with E-state index in [0.717, 1.165) is 16.3 Å². The molecule has 9 heteroatoms. The average Bonchev–Trinajstić information content (AvgIpc) is 3.18. The Morgan fingerprint density at radius 1 is 0.964 bits per heavy atom. The zero-order valence-corrected chi connectivity index (χ0v) is 16.9. The van der Waals surface area contributed by atoms with Crippen molar-refractivity contribution in [3.63, 3.8) is 0 Å². The van der Waals surface area contributed by atoms with Crippen molar-refractivity contribution in [3.05, 3.63) is 65.4 Å². The van der Waals surface area contributed by atoms with Gasteiger partial charge in [0.25, 0.3) is 0 Å². The Morgan fingerprint density at radius 2 is 1.68 bits per heavy atom. The SMILES string of the molecule is O=S(=O)(Cc1ccccc1)N1CCN(Cc2csc(-c3ncccn3)n2)CC1. The molecule has 1 fully saturated rings. The fourth-order valence-corrected chi connectivity index (χ4v) is 5.43. The Kier molecular flexibility index (Phi) is 5.77. The molecule has 0 bridgehead atoms. The lowest BCUT2D eigenvalue weighted by molar-refractivity contribution is 0.180. The summed E-state index contributed by atoms with van der Waals surface area (Å²) in [6, 6.07) is 11.1. The molecule has 1 aliphatic rings. The van der Waals surface area contributed by atoms with Crippen LogP contribution in [0.3, 0.4) is 0 Å². The monoisotopic (exact) mass is 415 g/mol. The van der Waals surface area contributed by atoms with E-state index in [4.69, 9.17) is 0 Å². The summed E-state index contributed by atoms with van der Waals surface area (Å²) in [6.07, 6.45) is 3.41. The van der Waals surface area contributed by atoms with Crippen molar-refractivity contribution in [3.8, 4) is 10.8 Å². The van der Waals surface area contributed by atoms with Gasteiger partial charge in [0.2, 0.25) is 10.0 Å². The number of piperazine rings is 1. The first-order valence-corrected chi connectivity index (χ1v) is 11.5. The molecule has 3 heterocycles. The van der Waals surface area contributed by atoms with E-state index in [9.17, 15) is 8.42 Å². The number of rotatable bonds is 6. The summed E-state index contributed by atoms with van der Waals surface area (Å²) < 4.78 is 26.9. The maximum Gasteiger partial charge on any atom is 0.218 e. The number of sulfonamides is 1. The highest BCUT2D eigenvalue weighted by Gasteiger charge is 2.27. The zero-order valence-electron chi connectivity index (χ0n) is 15.3. The lowest BCUT2D eigenvalue weighted by Gasteiger charge is -2.33. The second-order valence-electron chi connectivity index (χ2n) is 6.63. The van der Waals surface area contributed by atoms with E-state index >= 15 is 0 Å². The molecule has 0 unspecified atom stereocenters. The molecule has 0 spiro atoms. The van der Waals surface area contributed by atoms with Gasteiger partial charge in [-0.15, -0.1) is 11.3 Å². The average molecular weight is 416 g/mol. The first-order chi connectivity index (χ1) is 13.6. The van der Waals surface area contributed by atoms with Crippen LogP contribution in [-0.4, -0.2) is 58.8 Å². The van der Waals surface area contributed by atoms with Gasteiger partial charge in [-0.1, -0.05) is 30.3 Å². The molecule has 0 aliphatic carbocycles. The van der Waals surface area contributed by atoms with E-state index in [1.807, 2.05) is 35.7 Å². The van der Waals surface area contributed by atoms with Crippen molar-refractivity contribution in [1.29, 1.82) is 0 Å². The molecule has 1 aromatic carbocycles. The molecule has 0 amide bonds. The number of nitrogens with zero attached hydrogens (tertiary/aromatic N) is 5. The molecule has 0 saturated carbocycles. The van der Waals surface area contributed by atoms with Crippen molar-refractivity contribution in [1.82, 2.24) is 24.2 Å². The van der Waals surface area contributed by atoms with Gasteiger partial charge in [-0.25, -0.2) is 23.4 Å². The summed E-state index contributed by atoms with van der Waals surface area (Å²) in [4.78, 5) is 15.3. The number of aromatic nitrogens is 3. The second kappa shape index (κ2) is 8.44. The molecule has 0 atom stereocenters. The highest BCUT2D eigenvalue weighted by Crippen LogP contribution is 2.21. The number of thiazole rings is 1. The quantitative estimate of drug-likeness (QED) is 0.614. The fourth-order valence-electron chi connectivity index (χ4n) is 3.16. The molecule has 0 N–H and O–H groups in total. The van der Waals surface area contributed by atoms with Crippen LogP contribution in [0, 0.1) is 0 Å². The van der Waals surface area contributed by atoms with E-state index in [-0.39, 0.29) is 5.75 Å². The van der Waals surface area contributed by atoms with Crippen molar-refractivity contribution in [2.24, 2.45) is 0 Å². The van der Waals surface area contributed by atoms with Crippen LogP contribution < -0.4 is 0 Å². The molecular formula is C19H21N5O2S2. The van der Waals surface area contributed by atoms with Gasteiger partial charge in [-0.2, -0.15) is 4.31 Å². The number of hydrogen-bond acceptors (Lipinski definition) is 7. The summed E-state index contributed by atoms with van der Waals surface area (Å²) in [5, 5.41) is 2.82. The van der Waals surface area contributed by atoms with E-state index in [0.29, 0.717) is 38.5 Å². The third kappa shape index (κ3) is 4.61. The van der Waals surface area contributed by atoms with Crippen LogP contribution >= 0.6 is 11.3 Å². The summed E-state index contributed by atoms with van der Waals surface area (Å²) in [5.41, 5.74) is 1.79. The first kappa shape index (κ1) is 19.1. The van der Waals surface area contributed by atoms with Crippen molar-refractivity contribution in [2.45, 2.75) is 12.3 Å². The Bertz CT molecular complexity index is 1000. The molecule has 146 valence electrons.